The Morgan fingerprint density at radius 3 is 2.45 bits per heavy atom. The van der Waals surface area contributed by atoms with E-state index in [1.807, 2.05) is 0 Å². The molecule has 1 heterocycles. The summed E-state index contributed by atoms with van der Waals surface area (Å²) >= 11 is 0. The van der Waals surface area contributed by atoms with Gasteiger partial charge in [-0.15, -0.1) is 0 Å². The van der Waals surface area contributed by atoms with Gasteiger partial charge in [-0.05, 0) is 48.5 Å². The van der Waals surface area contributed by atoms with Gasteiger partial charge in [-0.1, -0.05) is 0 Å². The van der Waals surface area contributed by atoms with Crippen LogP contribution in [0.25, 0.3) is 0 Å². The molecule has 0 aliphatic heterocycles. The number of nitrogens with one attached hydrogen (secondary N) is 2. The maximum absolute atomic E-state index is 12.5. The molecule has 0 fully saturated rings. The van der Waals surface area contributed by atoms with E-state index < -0.39 is 22.5 Å². The molecule has 0 unspecified atom stereocenters. The Kier molecular flexibility index (Phi) is 6.88. The zero-order valence-corrected chi connectivity index (χ0v) is 17.0. The lowest BCUT2D eigenvalue weighted by Crippen LogP contribution is -2.23. The van der Waals surface area contributed by atoms with Crippen LogP contribution < -0.4 is 19.5 Å². The number of benzene rings is 2. The van der Waals surface area contributed by atoms with Gasteiger partial charge in [0.2, 0.25) is 10.0 Å². The summed E-state index contributed by atoms with van der Waals surface area (Å²) in [5.74, 6) is -0.274. The van der Waals surface area contributed by atoms with Crippen LogP contribution in [-0.2, 0) is 16.6 Å². The predicted molar refractivity (Wildman–Crippen MR) is 107 cm³/mol. The first kappa shape index (κ1) is 22.2. The van der Waals surface area contributed by atoms with Crippen LogP contribution in [0.2, 0.25) is 0 Å². The van der Waals surface area contributed by atoms with Gasteiger partial charge in [-0.25, -0.2) is 13.1 Å². The standard InChI is InChI=1S/C20H18F2N2O6S/c1-28-17-9-6-14(11-18(17)30-20(21)22)24-19(25)13-4-7-16(8-5-13)31(26,27)23-12-15-3-2-10-29-15/h2-11,20,23H,12H2,1H3,(H,24,25). The van der Waals surface area contributed by atoms with Crippen molar-refractivity contribution in [3.05, 3.63) is 72.2 Å². The molecular formula is C20H18F2N2O6S. The van der Waals surface area contributed by atoms with Crippen LogP contribution in [0.15, 0.2) is 70.2 Å². The lowest BCUT2D eigenvalue weighted by Gasteiger charge is -2.12. The molecule has 164 valence electrons. The highest BCUT2D eigenvalue weighted by Crippen LogP contribution is 2.31. The zero-order valence-electron chi connectivity index (χ0n) is 16.2. The topological polar surface area (TPSA) is 107 Å². The van der Waals surface area contributed by atoms with Crippen molar-refractivity contribution in [1.29, 1.82) is 0 Å². The quantitative estimate of drug-likeness (QED) is 0.514. The van der Waals surface area contributed by atoms with Crippen LogP contribution in [0.1, 0.15) is 16.1 Å². The van der Waals surface area contributed by atoms with Crippen LogP contribution in [-0.4, -0.2) is 28.0 Å². The average molecular weight is 452 g/mol. The molecule has 0 aliphatic carbocycles. The Balaban J connectivity index is 1.69. The van der Waals surface area contributed by atoms with E-state index in [2.05, 4.69) is 14.8 Å². The van der Waals surface area contributed by atoms with Crippen molar-refractivity contribution in [2.24, 2.45) is 0 Å². The first-order chi connectivity index (χ1) is 14.8. The van der Waals surface area contributed by atoms with Crippen LogP contribution in [0, 0.1) is 0 Å². The van der Waals surface area contributed by atoms with Crippen molar-refractivity contribution in [3.63, 3.8) is 0 Å². The number of ether oxygens (including phenoxy) is 2. The molecule has 2 aromatic carbocycles. The van der Waals surface area contributed by atoms with E-state index >= 15 is 0 Å². The predicted octanol–water partition coefficient (Wildman–Crippen LogP) is 3.62. The molecule has 11 heteroatoms. The number of carbonyl (C=O) groups is 1. The summed E-state index contributed by atoms with van der Waals surface area (Å²) in [6, 6.07) is 12.5. The molecule has 0 saturated heterocycles. The SMILES string of the molecule is COc1ccc(NC(=O)c2ccc(S(=O)(=O)NCc3ccco3)cc2)cc1OC(F)F. The molecule has 3 aromatic rings. The van der Waals surface area contributed by atoms with Crippen LogP contribution >= 0.6 is 0 Å². The fourth-order valence-electron chi connectivity index (χ4n) is 2.59. The van der Waals surface area contributed by atoms with E-state index in [0.717, 1.165) is 0 Å². The number of amides is 1. The second-order valence-electron chi connectivity index (χ2n) is 6.13. The number of rotatable bonds is 9. The third kappa shape index (κ3) is 5.80. The molecule has 0 radical (unpaired) electrons. The summed E-state index contributed by atoms with van der Waals surface area (Å²) < 4.78 is 66.6. The van der Waals surface area contributed by atoms with Crippen LogP contribution in [0.3, 0.4) is 0 Å². The number of sulfonamides is 1. The maximum atomic E-state index is 12.5. The normalized spacial score (nSPS) is 11.4. The highest BCUT2D eigenvalue weighted by atomic mass is 32.2. The van der Waals surface area contributed by atoms with Gasteiger partial charge < -0.3 is 19.2 Å². The number of methoxy groups -OCH3 is 1. The van der Waals surface area contributed by atoms with E-state index in [-0.39, 0.29) is 34.2 Å². The number of alkyl halides is 2. The molecule has 3 rings (SSSR count). The minimum Gasteiger partial charge on any atom is -0.493 e. The van der Waals surface area contributed by atoms with Crippen molar-refractivity contribution in [3.8, 4) is 11.5 Å². The van der Waals surface area contributed by atoms with Crippen LogP contribution in [0.4, 0.5) is 14.5 Å². The first-order valence-electron chi connectivity index (χ1n) is 8.85. The number of anilines is 1. The molecule has 0 saturated carbocycles. The smallest absolute Gasteiger partial charge is 0.387 e. The van der Waals surface area contributed by atoms with Gasteiger partial charge in [0, 0.05) is 17.3 Å². The van der Waals surface area contributed by atoms with E-state index in [0.29, 0.717) is 5.76 Å². The number of hydrogen-bond donors (Lipinski definition) is 2. The molecular weight excluding hydrogens is 434 g/mol. The van der Waals surface area contributed by atoms with Gasteiger partial charge in [0.15, 0.2) is 11.5 Å². The second-order valence-corrected chi connectivity index (χ2v) is 7.89. The van der Waals surface area contributed by atoms with Gasteiger partial charge in [0.1, 0.15) is 5.76 Å². The van der Waals surface area contributed by atoms with Crippen molar-refractivity contribution in [2.45, 2.75) is 18.1 Å². The van der Waals surface area contributed by atoms with Gasteiger partial charge >= 0.3 is 6.61 Å². The molecule has 0 aliphatic rings. The van der Waals surface area contributed by atoms with Crippen molar-refractivity contribution >= 4 is 21.6 Å². The monoisotopic (exact) mass is 452 g/mol. The Bertz CT molecular complexity index is 1130. The second kappa shape index (κ2) is 9.58. The zero-order chi connectivity index (χ0) is 22.4. The number of hydrogen-bond acceptors (Lipinski definition) is 6. The fraction of sp³-hybridized carbons (Fsp3) is 0.150. The minimum absolute atomic E-state index is 0.0158. The largest absolute Gasteiger partial charge is 0.493 e. The van der Waals surface area contributed by atoms with Crippen molar-refractivity contribution in [2.75, 3.05) is 12.4 Å². The summed E-state index contributed by atoms with van der Waals surface area (Å²) in [5, 5.41) is 2.53. The summed E-state index contributed by atoms with van der Waals surface area (Å²) in [4.78, 5) is 12.4. The summed E-state index contributed by atoms with van der Waals surface area (Å²) in [6.07, 6.45) is 1.43. The molecule has 1 amide bonds. The Hall–Kier alpha value is -3.44. The maximum Gasteiger partial charge on any atom is 0.387 e. The van der Waals surface area contributed by atoms with Gasteiger partial charge in [-0.2, -0.15) is 8.78 Å². The molecule has 1 aromatic heterocycles. The molecule has 0 bridgehead atoms. The van der Waals surface area contributed by atoms with Crippen LogP contribution in [0.5, 0.6) is 11.5 Å². The number of halogens is 2. The Morgan fingerprint density at radius 2 is 1.84 bits per heavy atom. The lowest BCUT2D eigenvalue weighted by molar-refractivity contribution is -0.0511. The van der Waals surface area contributed by atoms with E-state index in [1.54, 1.807) is 12.1 Å². The molecule has 2 N–H and O–H groups in total. The van der Waals surface area contributed by atoms with E-state index in [1.165, 1.54) is 55.8 Å². The fourth-order valence-corrected chi connectivity index (χ4v) is 3.59. The van der Waals surface area contributed by atoms with Gasteiger partial charge in [0.05, 0.1) is 24.8 Å². The summed E-state index contributed by atoms with van der Waals surface area (Å²) in [6.45, 7) is -3.08. The third-order valence-corrected chi connectivity index (χ3v) is 5.50. The summed E-state index contributed by atoms with van der Waals surface area (Å²) in [5.41, 5.74) is 0.357. The molecule has 0 spiro atoms. The Labute approximate surface area is 176 Å². The van der Waals surface area contributed by atoms with Gasteiger partial charge in [0.25, 0.3) is 5.91 Å². The van der Waals surface area contributed by atoms with E-state index in [9.17, 15) is 22.0 Å². The van der Waals surface area contributed by atoms with E-state index in [4.69, 9.17) is 9.15 Å². The third-order valence-electron chi connectivity index (χ3n) is 4.08. The average Bonchev–Trinajstić information content (AvgIpc) is 3.26. The van der Waals surface area contributed by atoms with Gasteiger partial charge in [-0.3, -0.25) is 4.79 Å². The highest BCUT2D eigenvalue weighted by molar-refractivity contribution is 7.89. The highest BCUT2D eigenvalue weighted by Gasteiger charge is 2.16. The molecule has 31 heavy (non-hydrogen) atoms. The molecule has 0 atom stereocenters. The minimum atomic E-state index is -3.81. The summed E-state index contributed by atoms with van der Waals surface area (Å²) in [7, 11) is -2.51. The number of furan rings is 1. The van der Waals surface area contributed by atoms with Crippen molar-refractivity contribution in [1.82, 2.24) is 4.72 Å². The number of carbonyl (C=O) groups excluding carboxylic acids is 1. The Morgan fingerprint density at radius 1 is 1.10 bits per heavy atom. The molecule has 8 nitrogen and oxygen atoms in total. The lowest BCUT2D eigenvalue weighted by atomic mass is 10.2. The first-order valence-corrected chi connectivity index (χ1v) is 10.3. The van der Waals surface area contributed by atoms with Crippen molar-refractivity contribution < 1.29 is 35.9 Å².